The number of amides is 3. The summed E-state index contributed by atoms with van der Waals surface area (Å²) in [6.07, 6.45) is 1.89. The van der Waals surface area contributed by atoms with Crippen molar-refractivity contribution < 1.29 is 24.2 Å². The van der Waals surface area contributed by atoms with Gasteiger partial charge in [0.15, 0.2) is 5.75 Å². The maximum atomic E-state index is 12.5. The normalized spacial score (nSPS) is 15.8. The Morgan fingerprint density at radius 1 is 1.25 bits per heavy atom. The predicted octanol–water partition coefficient (Wildman–Crippen LogP) is 2.17. The summed E-state index contributed by atoms with van der Waals surface area (Å²) < 4.78 is 5.82. The number of hydrogen-bond acceptors (Lipinski definition) is 5. The number of para-hydroxylation sites is 2. The molecule has 3 rings (SSSR count). The molecule has 9 nitrogen and oxygen atoms in total. The van der Waals surface area contributed by atoms with Crippen LogP contribution >= 0.6 is 0 Å². The number of carboxylic acid groups (broad SMARTS) is 1. The van der Waals surface area contributed by atoms with Crippen molar-refractivity contribution in [2.75, 3.05) is 25.5 Å². The van der Waals surface area contributed by atoms with Crippen molar-refractivity contribution in [3.63, 3.8) is 0 Å². The molecule has 1 atom stereocenters. The topological polar surface area (TPSA) is 121 Å². The van der Waals surface area contributed by atoms with Gasteiger partial charge in [-0.15, -0.1) is 0 Å². The lowest BCUT2D eigenvalue weighted by atomic mass is 10.1. The van der Waals surface area contributed by atoms with Crippen LogP contribution in [-0.2, 0) is 4.79 Å². The van der Waals surface area contributed by atoms with E-state index >= 15 is 0 Å². The number of carbonyl (C=O) groups is 3. The molecule has 1 aliphatic heterocycles. The Labute approximate surface area is 161 Å². The third-order valence-electron chi connectivity index (χ3n) is 4.37. The number of carbonyl (C=O) groups excluding carboxylic acids is 2. The minimum Gasteiger partial charge on any atom is -0.481 e. The van der Waals surface area contributed by atoms with Crippen LogP contribution in [0.4, 0.5) is 10.5 Å². The average molecular weight is 384 g/mol. The Kier molecular flexibility index (Phi) is 5.73. The number of pyridine rings is 1. The van der Waals surface area contributed by atoms with Crippen molar-refractivity contribution in [3.05, 3.63) is 48.3 Å². The van der Waals surface area contributed by atoms with E-state index in [2.05, 4.69) is 15.6 Å². The molecule has 0 saturated carbocycles. The molecule has 1 saturated heterocycles. The number of nitrogens with one attached hydrogen (secondary N) is 2. The first-order valence-electron chi connectivity index (χ1n) is 8.71. The molecular formula is C19H20N4O5. The van der Waals surface area contributed by atoms with Crippen LogP contribution in [0.5, 0.6) is 11.5 Å². The van der Waals surface area contributed by atoms with Crippen LogP contribution in [0.3, 0.4) is 0 Å². The first kappa shape index (κ1) is 19.2. The minimum atomic E-state index is -0.899. The van der Waals surface area contributed by atoms with Gasteiger partial charge in [-0.3, -0.25) is 14.6 Å². The molecule has 3 N–H and O–H groups in total. The highest BCUT2D eigenvalue weighted by Crippen LogP contribution is 2.30. The second kappa shape index (κ2) is 8.38. The van der Waals surface area contributed by atoms with Gasteiger partial charge in [0.05, 0.1) is 11.6 Å². The first-order chi connectivity index (χ1) is 13.5. The summed E-state index contributed by atoms with van der Waals surface area (Å²) >= 11 is 0. The third-order valence-corrected chi connectivity index (χ3v) is 4.37. The number of aromatic nitrogens is 1. The molecular weight excluding hydrogens is 364 g/mol. The fourth-order valence-electron chi connectivity index (χ4n) is 2.85. The zero-order valence-electron chi connectivity index (χ0n) is 15.2. The minimum absolute atomic E-state index is 0.171. The van der Waals surface area contributed by atoms with Crippen molar-refractivity contribution in [2.45, 2.75) is 6.42 Å². The van der Waals surface area contributed by atoms with Crippen LogP contribution < -0.4 is 15.4 Å². The van der Waals surface area contributed by atoms with Crippen molar-refractivity contribution in [1.29, 1.82) is 0 Å². The molecule has 1 unspecified atom stereocenters. The molecule has 0 spiro atoms. The molecule has 0 bridgehead atoms. The number of aliphatic carboxylic acids is 1. The van der Waals surface area contributed by atoms with Gasteiger partial charge in [0.1, 0.15) is 11.4 Å². The number of carboxylic acids is 1. The van der Waals surface area contributed by atoms with Crippen LogP contribution in [0.15, 0.2) is 42.6 Å². The number of rotatable bonds is 5. The Hall–Kier alpha value is -3.62. The lowest BCUT2D eigenvalue weighted by Gasteiger charge is -2.18. The first-order valence-corrected chi connectivity index (χ1v) is 8.71. The lowest BCUT2D eigenvalue weighted by Crippen LogP contribution is -2.33. The molecule has 0 radical (unpaired) electrons. The van der Waals surface area contributed by atoms with Crippen LogP contribution in [0.2, 0.25) is 0 Å². The molecule has 1 fully saturated rings. The highest BCUT2D eigenvalue weighted by atomic mass is 16.5. The fraction of sp³-hybridized carbons (Fsp3) is 0.263. The Morgan fingerprint density at radius 3 is 2.75 bits per heavy atom. The maximum Gasteiger partial charge on any atom is 0.321 e. The molecule has 28 heavy (non-hydrogen) atoms. The van der Waals surface area contributed by atoms with Gasteiger partial charge < -0.3 is 25.4 Å². The molecule has 146 valence electrons. The highest BCUT2D eigenvalue weighted by molar-refractivity contribution is 5.93. The van der Waals surface area contributed by atoms with Gasteiger partial charge in [0, 0.05) is 32.4 Å². The number of ether oxygens (including phenoxy) is 1. The second-order valence-electron chi connectivity index (χ2n) is 6.25. The predicted molar refractivity (Wildman–Crippen MR) is 100 cm³/mol. The number of anilines is 1. The van der Waals surface area contributed by atoms with Crippen LogP contribution in [0, 0.1) is 5.92 Å². The summed E-state index contributed by atoms with van der Waals surface area (Å²) in [7, 11) is 1.51. The quantitative estimate of drug-likeness (QED) is 0.726. The largest absolute Gasteiger partial charge is 0.481 e. The van der Waals surface area contributed by atoms with Gasteiger partial charge in [0.25, 0.3) is 5.91 Å². The smallest absolute Gasteiger partial charge is 0.321 e. The van der Waals surface area contributed by atoms with E-state index in [1.54, 1.807) is 30.3 Å². The number of likely N-dealkylation sites (tertiary alicyclic amines) is 1. The van der Waals surface area contributed by atoms with E-state index in [0.717, 1.165) is 0 Å². The third kappa shape index (κ3) is 4.37. The van der Waals surface area contributed by atoms with Gasteiger partial charge in [-0.05, 0) is 24.6 Å². The summed E-state index contributed by atoms with van der Waals surface area (Å²) in [5.41, 5.74) is 0.642. The summed E-state index contributed by atoms with van der Waals surface area (Å²) in [6.45, 7) is 0.551. The number of hydrogen-bond donors (Lipinski definition) is 3. The highest BCUT2D eigenvalue weighted by Gasteiger charge is 2.31. The Balaban J connectivity index is 1.72. The van der Waals surface area contributed by atoms with E-state index in [0.29, 0.717) is 30.2 Å². The molecule has 0 aliphatic carbocycles. The van der Waals surface area contributed by atoms with Crippen molar-refractivity contribution in [2.24, 2.45) is 5.92 Å². The number of nitrogens with zero attached hydrogens (tertiary/aromatic N) is 2. The fourth-order valence-corrected chi connectivity index (χ4v) is 2.85. The number of urea groups is 1. The molecule has 1 aromatic carbocycles. The SMILES string of the molecule is CNC(=O)c1cc(Oc2ccccc2NC(=O)N2CCC(C(=O)O)C2)ccn1. The summed E-state index contributed by atoms with van der Waals surface area (Å²) in [5, 5.41) is 14.3. The van der Waals surface area contributed by atoms with Gasteiger partial charge in [-0.1, -0.05) is 12.1 Å². The van der Waals surface area contributed by atoms with E-state index in [1.807, 2.05) is 0 Å². The zero-order chi connectivity index (χ0) is 20.1. The van der Waals surface area contributed by atoms with Crippen LogP contribution in [0.1, 0.15) is 16.9 Å². The van der Waals surface area contributed by atoms with E-state index in [9.17, 15) is 14.4 Å². The van der Waals surface area contributed by atoms with E-state index in [-0.39, 0.29) is 24.2 Å². The van der Waals surface area contributed by atoms with E-state index in [4.69, 9.17) is 9.84 Å². The van der Waals surface area contributed by atoms with Gasteiger partial charge in [0.2, 0.25) is 0 Å². The average Bonchev–Trinajstić information content (AvgIpc) is 3.20. The van der Waals surface area contributed by atoms with E-state index in [1.165, 1.54) is 24.2 Å². The van der Waals surface area contributed by atoms with Gasteiger partial charge in [-0.25, -0.2) is 4.79 Å². The summed E-state index contributed by atoms with van der Waals surface area (Å²) in [5.74, 6) is -1.00. The molecule has 2 heterocycles. The summed E-state index contributed by atoms with van der Waals surface area (Å²) in [4.78, 5) is 40.7. The summed E-state index contributed by atoms with van der Waals surface area (Å²) in [6, 6.07) is 9.56. The van der Waals surface area contributed by atoms with Gasteiger partial charge in [-0.2, -0.15) is 0 Å². The monoisotopic (exact) mass is 384 g/mol. The van der Waals surface area contributed by atoms with Crippen LogP contribution in [-0.4, -0.2) is 53.0 Å². The lowest BCUT2D eigenvalue weighted by molar-refractivity contribution is -0.141. The van der Waals surface area contributed by atoms with Crippen molar-refractivity contribution in [3.8, 4) is 11.5 Å². The molecule has 9 heteroatoms. The standard InChI is InChI=1S/C19H20N4O5/c1-20-17(24)15-10-13(6-8-21-15)28-16-5-3-2-4-14(16)22-19(27)23-9-7-12(11-23)18(25)26/h2-6,8,10,12H,7,9,11H2,1H3,(H,20,24)(H,22,27)(H,25,26). The molecule has 2 aromatic rings. The maximum absolute atomic E-state index is 12.5. The van der Waals surface area contributed by atoms with Gasteiger partial charge >= 0.3 is 12.0 Å². The molecule has 3 amide bonds. The molecule has 1 aromatic heterocycles. The Bertz CT molecular complexity index is 901. The Morgan fingerprint density at radius 2 is 2.04 bits per heavy atom. The van der Waals surface area contributed by atoms with Crippen LogP contribution in [0.25, 0.3) is 0 Å². The second-order valence-corrected chi connectivity index (χ2v) is 6.25. The van der Waals surface area contributed by atoms with Crippen molar-refractivity contribution >= 4 is 23.6 Å². The van der Waals surface area contributed by atoms with E-state index < -0.39 is 11.9 Å². The van der Waals surface area contributed by atoms with Crippen molar-refractivity contribution in [1.82, 2.24) is 15.2 Å². The molecule has 1 aliphatic rings. The number of benzene rings is 1. The zero-order valence-corrected chi connectivity index (χ0v) is 15.2.